The van der Waals surface area contributed by atoms with Gasteiger partial charge in [0, 0.05) is 23.6 Å². The molecule has 36 heavy (non-hydrogen) atoms. The van der Waals surface area contributed by atoms with Crippen molar-refractivity contribution in [2.75, 3.05) is 26.1 Å². The topological polar surface area (TPSA) is 76.6 Å². The van der Waals surface area contributed by atoms with Crippen molar-refractivity contribution in [3.05, 3.63) is 45.2 Å². The average Bonchev–Trinajstić information content (AvgIpc) is 3.28. The van der Waals surface area contributed by atoms with Gasteiger partial charge in [-0.15, -0.1) is 0 Å². The Bertz CT molecular complexity index is 1170. The van der Waals surface area contributed by atoms with Crippen LogP contribution in [0, 0.1) is 5.41 Å². The smallest absolute Gasteiger partial charge is 0.437 e. The van der Waals surface area contributed by atoms with Crippen molar-refractivity contribution >= 4 is 27.7 Å². The first kappa shape index (κ1) is 25.3. The van der Waals surface area contributed by atoms with E-state index in [0.717, 1.165) is 47.7 Å². The van der Waals surface area contributed by atoms with Crippen LogP contribution in [0.1, 0.15) is 60.7 Å². The number of ether oxygens (including phenoxy) is 2. The van der Waals surface area contributed by atoms with Crippen LogP contribution in [0.3, 0.4) is 0 Å². The SMILES string of the molecule is COC(=O)C12CCC(CC1)N(Cc1nc(C(F)(F)F)c(N[C@H]3CCc4c(Br)cccc43)nc1OC)C2. The predicted octanol–water partition coefficient (Wildman–Crippen LogP) is 5.28. The molecule has 0 spiro atoms. The largest absolute Gasteiger partial charge is 0.480 e. The van der Waals surface area contributed by atoms with Crippen LogP contribution in [0.5, 0.6) is 5.88 Å². The Hall–Kier alpha value is -2.40. The van der Waals surface area contributed by atoms with Gasteiger partial charge in [-0.1, -0.05) is 28.1 Å². The van der Waals surface area contributed by atoms with Crippen LogP contribution in [0.15, 0.2) is 22.7 Å². The fourth-order valence-corrected chi connectivity index (χ4v) is 6.58. The Morgan fingerprint density at radius 1 is 1.22 bits per heavy atom. The van der Waals surface area contributed by atoms with E-state index >= 15 is 0 Å². The molecule has 2 aliphatic heterocycles. The van der Waals surface area contributed by atoms with Gasteiger partial charge >= 0.3 is 12.1 Å². The minimum absolute atomic E-state index is 0.0477. The quantitative estimate of drug-likeness (QED) is 0.475. The molecule has 2 aromatic rings. The molecule has 1 saturated carbocycles. The van der Waals surface area contributed by atoms with E-state index in [2.05, 4.69) is 31.2 Å². The summed E-state index contributed by atoms with van der Waals surface area (Å²) in [6.07, 6.45) is -0.301. The molecule has 1 aromatic carbocycles. The molecule has 0 amide bonds. The summed E-state index contributed by atoms with van der Waals surface area (Å²) in [6, 6.07) is 5.57. The molecule has 1 N–H and O–H groups in total. The van der Waals surface area contributed by atoms with Crippen molar-refractivity contribution < 1.29 is 27.4 Å². The van der Waals surface area contributed by atoms with E-state index in [-0.39, 0.29) is 42.0 Å². The zero-order valence-electron chi connectivity index (χ0n) is 20.1. The standard InChI is InChI=1S/C25H28BrF3N4O3/c1-35-22-19(12-33-13-24(23(34)36-2)10-8-14(33)9-11-24)30-20(25(27,28)29)21(32-22)31-18-7-6-15-16(18)4-3-5-17(15)26/h3-5,14,18H,6-13H2,1-2H3,(H,31,32)/t14?,18-,24?/m0/s1. The van der Waals surface area contributed by atoms with E-state index in [9.17, 15) is 18.0 Å². The predicted molar refractivity (Wildman–Crippen MR) is 130 cm³/mol. The molecule has 0 radical (unpaired) electrons. The summed E-state index contributed by atoms with van der Waals surface area (Å²) in [6.45, 7) is 0.534. The number of rotatable bonds is 6. The summed E-state index contributed by atoms with van der Waals surface area (Å²) >= 11 is 3.53. The second-order valence-electron chi connectivity index (χ2n) is 9.83. The fraction of sp³-hybridized carbons (Fsp3) is 0.560. The summed E-state index contributed by atoms with van der Waals surface area (Å²) in [5.74, 6) is -0.554. The Labute approximate surface area is 215 Å². The number of carbonyl (C=O) groups excluding carboxylic acids is 1. The summed E-state index contributed by atoms with van der Waals surface area (Å²) in [7, 11) is 2.75. The molecule has 194 valence electrons. The Morgan fingerprint density at radius 2 is 1.97 bits per heavy atom. The van der Waals surface area contributed by atoms with Crippen LogP contribution in [0.25, 0.3) is 0 Å². The number of piperidine rings is 2. The van der Waals surface area contributed by atoms with Crippen LogP contribution in [-0.2, 0) is 28.7 Å². The number of alkyl halides is 3. The van der Waals surface area contributed by atoms with E-state index in [0.29, 0.717) is 13.0 Å². The van der Waals surface area contributed by atoms with Gasteiger partial charge in [-0.05, 0) is 55.7 Å². The van der Waals surface area contributed by atoms with E-state index in [1.165, 1.54) is 14.2 Å². The first-order valence-corrected chi connectivity index (χ1v) is 12.8. The normalized spacial score (nSPS) is 25.5. The second kappa shape index (κ2) is 9.48. The lowest BCUT2D eigenvalue weighted by molar-refractivity contribution is -0.163. The van der Waals surface area contributed by atoms with Gasteiger partial charge in [0.1, 0.15) is 5.69 Å². The molecule has 4 aliphatic rings. The van der Waals surface area contributed by atoms with Crippen LogP contribution in [-0.4, -0.2) is 47.6 Å². The third-order valence-corrected chi connectivity index (χ3v) is 8.57. The van der Waals surface area contributed by atoms with Crippen molar-refractivity contribution in [1.29, 1.82) is 0 Å². The minimum atomic E-state index is -4.71. The number of carbonyl (C=O) groups is 1. The number of benzene rings is 1. The zero-order valence-corrected chi connectivity index (χ0v) is 21.7. The van der Waals surface area contributed by atoms with Gasteiger partial charge in [-0.3, -0.25) is 9.69 Å². The van der Waals surface area contributed by atoms with Crippen molar-refractivity contribution in [3.63, 3.8) is 0 Å². The molecule has 2 bridgehead atoms. The van der Waals surface area contributed by atoms with Gasteiger partial charge in [-0.2, -0.15) is 18.2 Å². The van der Waals surface area contributed by atoms with Crippen molar-refractivity contribution in [2.45, 2.75) is 63.3 Å². The third kappa shape index (κ3) is 4.44. The van der Waals surface area contributed by atoms with Gasteiger partial charge in [0.2, 0.25) is 5.88 Å². The van der Waals surface area contributed by atoms with E-state index in [1.54, 1.807) is 0 Å². The summed E-state index contributed by atoms with van der Waals surface area (Å²) in [5.41, 5.74) is 0.450. The van der Waals surface area contributed by atoms with Gasteiger partial charge in [-0.25, -0.2) is 4.98 Å². The molecule has 2 aliphatic carbocycles. The molecule has 3 heterocycles. The monoisotopic (exact) mass is 568 g/mol. The lowest BCUT2D eigenvalue weighted by Gasteiger charge is -2.51. The highest BCUT2D eigenvalue weighted by Crippen LogP contribution is 2.46. The van der Waals surface area contributed by atoms with E-state index in [1.807, 2.05) is 23.1 Å². The van der Waals surface area contributed by atoms with Crippen LogP contribution in [0.4, 0.5) is 19.0 Å². The number of fused-ring (bicyclic) bond motifs is 4. The van der Waals surface area contributed by atoms with E-state index in [4.69, 9.17) is 9.47 Å². The molecule has 3 fully saturated rings. The maximum Gasteiger partial charge on any atom is 0.437 e. The van der Waals surface area contributed by atoms with Crippen molar-refractivity contribution in [1.82, 2.24) is 14.9 Å². The molecule has 1 atom stereocenters. The van der Waals surface area contributed by atoms with Crippen molar-refractivity contribution in [2.24, 2.45) is 5.41 Å². The minimum Gasteiger partial charge on any atom is -0.480 e. The number of nitrogens with zero attached hydrogens (tertiary/aromatic N) is 3. The highest BCUT2D eigenvalue weighted by molar-refractivity contribution is 9.10. The van der Waals surface area contributed by atoms with Gasteiger partial charge in [0.05, 0.1) is 25.7 Å². The first-order valence-electron chi connectivity index (χ1n) is 12.0. The fourth-order valence-electron chi connectivity index (χ4n) is 6.00. The molecule has 2 saturated heterocycles. The molecule has 11 heteroatoms. The van der Waals surface area contributed by atoms with Gasteiger partial charge < -0.3 is 14.8 Å². The molecular weight excluding hydrogens is 541 g/mol. The highest BCUT2D eigenvalue weighted by atomic mass is 79.9. The summed E-state index contributed by atoms with van der Waals surface area (Å²) < 4.78 is 53.9. The summed E-state index contributed by atoms with van der Waals surface area (Å²) in [4.78, 5) is 22.9. The number of anilines is 1. The second-order valence-corrected chi connectivity index (χ2v) is 10.7. The first-order chi connectivity index (χ1) is 17.1. The van der Waals surface area contributed by atoms with Gasteiger partial charge in [0.15, 0.2) is 11.5 Å². The molecule has 6 rings (SSSR count). The number of hydrogen-bond donors (Lipinski definition) is 1. The average molecular weight is 569 g/mol. The number of nitrogens with one attached hydrogen (secondary N) is 1. The molecule has 1 aromatic heterocycles. The lowest BCUT2D eigenvalue weighted by atomic mass is 9.67. The molecule has 7 nitrogen and oxygen atoms in total. The van der Waals surface area contributed by atoms with Crippen LogP contribution in [0.2, 0.25) is 0 Å². The zero-order chi connectivity index (χ0) is 25.7. The highest BCUT2D eigenvalue weighted by Gasteiger charge is 2.50. The maximum absolute atomic E-state index is 14.2. The molecular formula is C25H28BrF3N4O3. The molecule has 0 unspecified atom stereocenters. The van der Waals surface area contributed by atoms with Gasteiger partial charge in [0.25, 0.3) is 0 Å². The Balaban J connectivity index is 1.45. The van der Waals surface area contributed by atoms with Crippen LogP contribution < -0.4 is 10.1 Å². The third-order valence-electron chi connectivity index (χ3n) is 7.82. The number of hydrogen-bond acceptors (Lipinski definition) is 7. The number of esters is 1. The lowest BCUT2D eigenvalue weighted by Crippen LogP contribution is -2.57. The maximum atomic E-state index is 14.2. The number of aromatic nitrogens is 2. The van der Waals surface area contributed by atoms with Crippen molar-refractivity contribution in [3.8, 4) is 5.88 Å². The van der Waals surface area contributed by atoms with E-state index < -0.39 is 17.3 Å². The Kier molecular flexibility index (Phi) is 6.65. The number of methoxy groups -OCH3 is 2. The summed E-state index contributed by atoms with van der Waals surface area (Å²) in [5, 5.41) is 2.99. The number of halogens is 4. The Morgan fingerprint density at radius 3 is 2.64 bits per heavy atom. The van der Waals surface area contributed by atoms with Crippen LogP contribution >= 0.6 is 15.9 Å².